The van der Waals surface area contributed by atoms with Crippen molar-refractivity contribution in [1.82, 2.24) is 0 Å². The number of anilines is 3. The van der Waals surface area contributed by atoms with Gasteiger partial charge in [-0.1, -0.05) is 182 Å². The average molecular weight is 766 g/mol. The molecule has 60 heavy (non-hydrogen) atoms. The molecule has 0 saturated carbocycles. The molecule has 2 nitrogen and oxygen atoms in total. The summed E-state index contributed by atoms with van der Waals surface area (Å²) in [5, 5.41) is 6.19. The molecule has 0 saturated heterocycles. The number of hydrogen-bond donors (Lipinski definition) is 0. The number of nitrogens with zero attached hydrogens (tertiary/aromatic N) is 1. The SMILES string of the molecule is c1ccc(-c2cccc(N(c3ccc(-c4cccc(-c5oc6ccccc6c5-c5ccccc5)c4)cc3)c3ccc(-c4ccc5c(ccc6ccccc65)c4)cc3)c2)cc1. The maximum absolute atomic E-state index is 6.58. The van der Waals surface area contributed by atoms with Crippen LogP contribution in [0.15, 0.2) is 241 Å². The lowest BCUT2D eigenvalue weighted by Crippen LogP contribution is -2.10. The van der Waals surface area contributed by atoms with Gasteiger partial charge in [-0.15, -0.1) is 0 Å². The van der Waals surface area contributed by atoms with E-state index in [1.165, 1.54) is 43.8 Å². The number of rotatable bonds is 8. The van der Waals surface area contributed by atoms with Gasteiger partial charge < -0.3 is 9.32 Å². The lowest BCUT2D eigenvalue weighted by molar-refractivity contribution is 0.632. The fourth-order valence-electron chi connectivity index (χ4n) is 8.68. The Morgan fingerprint density at radius 3 is 1.50 bits per heavy atom. The fourth-order valence-corrected chi connectivity index (χ4v) is 8.68. The van der Waals surface area contributed by atoms with Crippen molar-refractivity contribution < 1.29 is 4.42 Å². The van der Waals surface area contributed by atoms with Crippen LogP contribution < -0.4 is 4.90 Å². The predicted octanol–water partition coefficient (Wildman–Crippen LogP) is 16.5. The number of hydrogen-bond acceptors (Lipinski definition) is 2. The zero-order valence-electron chi connectivity index (χ0n) is 32.9. The molecule has 11 rings (SSSR count). The zero-order chi connectivity index (χ0) is 39.8. The zero-order valence-corrected chi connectivity index (χ0v) is 32.9. The predicted molar refractivity (Wildman–Crippen MR) is 253 cm³/mol. The first kappa shape index (κ1) is 35.2. The molecule has 0 radical (unpaired) electrons. The molecular weight excluding hydrogens is 727 g/mol. The molecule has 0 amide bonds. The van der Waals surface area contributed by atoms with Crippen molar-refractivity contribution in [1.29, 1.82) is 0 Å². The summed E-state index contributed by atoms with van der Waals surface area (Å²) in [5.41, 5.74) is 14.5. The van der Waals surface area contributed by atoms with E-state index in [2.05, 4.69) is 229 Å². The summed E-state index contributed by atoms with van der Waals surface area (Å²) in [7, 11) is 0. The second-order valence-corrected chi connectivity index (χ2v) is 15.3. The van der Waals surface area contributed by atoms with Crippen molar-refractivity contribution in [3.63, 3.8) is 0 Å². The minimum absolute atomic E-state index is 0.881. The lowest BCUT2D eigenvalue weighted by Gasteiger charge is -2.26. The Morgan fingerprint density at radius 2 is 0.767 bits per heavy atom. The third-order valence-corrected chi connectivity index (χ3v) is 11.7. The Kier molecular flexibility index (Phi) is 8.87. The third kappa shape index (κ3) is 6.51. The molecule has 0 spiro atoms. The largest absolute Gasteiger partial charge is 0.455 e. The van der Waals surface area contributed by atoms with Crippen molar-refractivity contribution in [3.8, 4) is 55.8 Å². The van der Waals surface area contributed by atoms with E-state index in [0.717, 1.165) is 61.6 Å². The lowest BCUT2D eigenvalue weighted by atomic mass is 9.96. The Balaban J connectivity index is 0.961. The highest BCUT2D eigenvalue weighted by Gasteiger charge is 2.19. The van der Waals surface area contributed by atoms with E-state index in [0.29, 0.717) is 0 Å². The normalized spacial score (nSPS) is 11.3. The van der Waals surface area contributed by atoms with Crippen molar-refractivity contribution in [2.24, 2.45) is 0 Å². The summed E-state index contributed by atoms with van der Waals surface area (Å²) in [6, 6.07) is 84.7. The Morgan fingerprint density at radius 1 is 0.267 bits per heavy atom. The maximum Gasteiger partial charge on any atom is 0.143 e. The van der Waals surface area contributed by atoms with Crippen LogP contribution in [-0.4, -0.2) is 0 Å². The van der Waals surface area contributed by atoms with Crippen LogP contribution in [0.5, 0.6) is 0 Å². The van der Waals surface area contributed by atoms with E-state index >= 15 is 0 Å². The quantitative estimate of drug-likeness (QED) is 0.143. The van der Waals surface area contributed by atoms with Gasteiger partial charge in [-0.3, -0.25) is 0 Å². The number of furan rings is 1. The maximum atomic E-state index is 6.58. The van der Waals surface area contributed by atoms with Crippen LogP contribution >= 0.6 is 0 Å². The summed E-state index contributed by atoms with van der Waals surface area (Å²) in [4.78, 5) is 2.35. The van der Waals surface area contributed by atoms with Gasteiger partial charge in [0, 0.05) is 33.6 Å². The van der Waals surface area contributed by atoms with E-state index in [1.54, 1.807) is 0 Å². The molecule has 0 fully saturated rings. The van der Waals surface area contributed by atoms with Crippen molar-refractivity contribution in [2.75, 3.05) is 4.90 Å². The van der Waals surface area contributed by atoms with Gasteiger partial charge >= 0.3 is 0 Å². The first-order valence-corrected chi connectivity index (χ1v) is 20.5. The highest BCUT2D eigenvalue weighted by atomic mass is 16.3. The van der Waals surface area contributed by atoms with Crippen molar-refractivity contribution in [3.05, 3.63) is 237 Å². The van der Waals surface area contributed by atoms with E-state index in [4.69, 9.17) is 4.42 Å². The minimum Gasteiger partial charge on any atom is -0.455 e. The molecule has 2 heteroatoms. The number of fused-ring (bicyclic) bond motifs is 4. The molecule has 11 aromatic rings. The highest BCUT2D eigenvalue weighted by Crippen LogP contribution is 2.43. The van der Waals surface area contributed by atoms with Crippen LogP contribution in [0.1, 0.15) is 0 Å². The van der Waals surface area contributed by atoms with E-state index in [9.17, 15) is 0 Å². The minimum atomic E-state index is 0.881. The smallest absolute Gasteiger partial charge is 0.143 e. The van der Waals surface area contributed by atoms with Gasteiger partial charge in [-0.05, 0) is 115 Å². The van der Waals surface area contributed by atoms with Crippen molar-refractivity contribution >= 4 is 49.6 Å². The summed E-state index contributed by atoms with van der Waals surface area (Å²) >= 11 is 0. The monoisotopic (exact) mass is 765 g/mol. The van der Waals surface area contributed by atoms with Crippen LogP contribution in [0.25, 0.3) is 88.3 Å². The first-order chi connectivity index (χ1) is 29.7. The third-order valence-electron chi connectivity index (χ3n) is 11.7. The van der Waals surface area contributed by atoms with Gasteiger partial charge in [0.25, 0.3) is 0 Å². The van der Waals surface area contributed by atoms with Crippen LogP contribution in [0.4, 0.5) is 17.1 Å². The Labute approximate surface area is 349 Å². The Bertz CT molecular complexity index is 3290. The fraction of sp³-hybridized carbons (Fsp3) is 0. The molecule has 282 valence electrons. The van der Waals surface area contributed by atoms with Crippen LogP contribution in [0, 0.1) is 0 Å². The topological polar surface area (TPSA) is 16.4 Å². The number of para-hydroxylation sites is 1. The first-order valence-electron chi connectivity index (χ1n) is 20.5. The summed E-state index contributed by atoms with van der Waals surface area (Å²) in [6.07, 6.45) is 0. The second-order valence-electron chi connectivity index (χ2n) is 15.3. The number of benzene rings is 10. The van der Waals surface area contributed by atoms with Crippen LogP contribution in [0.2, 0.25) is 0 Å². The van der Waals surface area contributed by atoms with Gasteiger partial charge in [-0.25, -0.2) is 0 Å². The Hall–Kier alpha value is -7.94. The molecule has 0 aliphatic heterocycles. The molecule has 0 atom stereocenters. The standard InChI is InChI=1S/C58H39NO/c1-3-13-40(14-4-1)46-19-12-21-52(39-46)59(51-34-29-42(30-35-51)47-31-36-54-48(37-47)26-25-43-15-7-8-22-53(43)54)50-32-27-41(28-33-50)45-18-11-20-49(38-45)58-57(44-16-5-2-6-17-44)55-23-9-10-24-56(55)60-58/h1-39H. The highest BCUT2D eigenvalue weighted by molar-refractivity contribution is 6.08. The van der Waals surface area contributed by atoms with E-state index < -0.39 is 0 Å². The molecule has 10 aromatic carbocycles. The molecule has 1 heterocycles. The van der Waals surface area contributed by atoms with E-state index in [-0.39, 0.29) is 0 Å². The van der Waals surface area contributed by atoms with Crippen molar-refractivity contribution in [2.45, 2.75) is 0 Å². The molecule has 0 N–H and O–H groups in total. The second kappa shape index (κ2) is 15.1. The van der Waals surface area contributed by atoms with Gasteiger partial charge in [0.1, 0.15) is 11.3 Å². The van der Waals surface area contributed by atoms with Crippen LogP contribution in [0.3, 0.4) is 0 Å². The summed E-state index contributed by atoms with van der Waals surface area (Å²) in [6.45, 7) is 0. The van der Waals surface area contributed by atoms with Gasteiger partial charge in [0.2, 0.25) is 0 Å². The molecule has 0 aliphatic rings. The molecule has 0 unspecified atom stereocenters. The summed E-state index contributed by atoms with van der Waals surface area (Å²) in [5.74, 6) is 0.881. The van der Waals surface area contributed by atoms with Gasteiger partial charge in [0.05, 0.1) is 0 Å². The molecular formula is C58H39NO. The molecule has 0 bridgehead atoms. The average Bonchev–Trinajstić information content (AvgIpc) is 3.73. The van der Waals surface area contributed by atoms with E-state index in [1.807, 2.05) is 12.1 Å². The van der Waals surface area contributed by atoms with Gasteiger partial charge in [-0.2, -0.15) is 0 Å². The van der Waals surface area contributed by atoms with Gasteiger partial charge in [0.15, 0.2) is 0 Å². The summed E-state index contributed by atoms with van der Waals surface area (Å²) < 4.78 is 6.58. The van der Waals surface area contributed by atoms with Crippen LogP contribution in [-0.2, 0) is 0 Å². The molecule has 0 aliphatic carbocycles. The molecule has 1 aromatic heterocycles.